The molecule has 16 heavy (non-hydrogen) atoms. The first-order valence-electron chi connectivity index (χ1n) is 5.96. The van der Waals surface area contributed by atoms with Gasteiger partial charge < -0.3 is 4.90 Å². The second-order valence-electron chi connectivity index (χ2n) is 4.75. The van der Waals surface area contributed by atoms with Crippen molar-refractivity contribution >= 4 is 11.8 Å². The predicted octanol–water partition coefficient (Wildman–Crippen LogP) is 3.01. The highest BCUT2D eigenvalue weighted by molar-refractivity contribution is 8.00. The fourth-order valence-electron chi connectivity index (χ4n) is 2.76. The lowest BCUT2D eigenvalue weighted by molar-refractivity contribution is 0.118. The van der Waals surface area contributed by atoms with Gasteiger partial charge in [0.25, 0.3) is 0 Å². The minimum atomic E-state index is -0.119. The monoisotopic (exact) mass is 237 g/mol. The van der Waals surface area contributed by atoms with Crippen molar-refractivity contribution in [3.63, 3.8) is 0 Å². The maximum atomic E-state index is 13.1. The normalized spacial score (nSPS) is 32.9. The van der Waals surface area contributed by atoms with E-state index >= 15 is 0 Å². The first kappa shape index (κ1) is 10.6. The molecule has 3 heterocycles. The molecule has 0 saturated carbocycles. The van der Waals surface area contributed by atoms with E-state index in [9.17, 15) is 4.39 Å². The van der Waals surface area contributed by atoms with E-state index in [4.69, 9.17) is 0 Å². The van der Waals surface area contributed by atoms with E-state index in [-0.39, 0.29) is 5.82 Å². The second kappa shape index (κ2) is 4.38. The zero-order valence-electron chi connectivity index (χ0n) is 9.23. The molecule has 0 aromatic heterocycles. The second-order valence-corrected chi connectivity index (χ2v) is 6.06. The molecule has 3 saturated heterocycles. The zero-order chi connectivity index (χ0) is 11.0. The lowest BCUT2D eigenvalue weighted by Crippen LogP contribution is -2.48. The molecule has 1 atom stereocenters. The van der Waals surface area contributed by atoms with E-state index < -0.39 is 0 Å². The van der Waals surface area contributed by atoms with E-state index in [0.29, 0.717) is 5.25 Å². The molecule has 1 unspecified atom stereocenters. The Morgan fingerprint density at radius 3 is 2.69 bits per heavy atom. The Bertz CT molecular complexity index is 374. The number of hydrogen-bond donors (Lipinski definition) is 0. The summed E-state index contributed by atoms with van der Waals surface area (Å²) in [6.07, 6.45) is 2.65. The van der Waals surface area contributed by atoms with Crippen molar-refractivity contribution in [1.82, 2.24) is 4.90 Å². The SMILES string of the molecule is Fc1cccc(SC2CN3CCC2CC3)c1. The lowest BCUT2D eigenvalue weighted by Gasteiger charge is -2.44. The number of piperidine rings is 3. The summed E-state index contributed by atoms with van der Waals surface area (Å²) in [5.74, 6) is 0.726. The van der Waals surface area contributed by atoms with Crippen molar-refractivity contribution in [2.45, 2.75) is 23.0 Å². The molecule has 0 spiro atoms. The summed E-state index contributed by atoms with van der Waals surface area (Å²) in [5, 5.41) is 0.671. The van der Waals surface area contributed by atoms with E-state index in [1.165, 1.54) is 38.5 Å². The number of halogens is 1. The van der Waals surface area contributed by atoms with E-state index in [2.05, 4.69) is 4.90 Å². The Morgan fingerprint density at radius 2 is 2.06 bits per heavy atom. The van der Waals surface area contributed by atoms with Crippen LogP contribution >= 0.6 is 11.8 Å². The average Bonchev–Trinajstić information content (AvgIpc) is 2.30. The molecule has 1 aromatic rings. The molecule has 4 rings (SSSR count). The summed E-state index contributed by atoms with van der Waals surface area (Å²) in [7, 11) is 0. The van der Waals surface area contributed by atoms with Gasteiger partial charge >= 0.3 is 0 Å². The van der Waals surface area contributed by atoms with Crippen molar-refractivity contribution in [1.29, 1.82) is 0 Å². The van der Waals surface area contributed by atoms with E-state index in [1.807, 2.05) is 17.8 Å². The third kappa shape index (κ3) is 2.11. The fourth-order valence-corrected chi connectivity index (χ4v) is 4.20. The summed E-state index contributed by atoms with van der Waals surface area (Å²) in [5.41, 5.74) is 0. The minimum Gasteiger partial charge on any atom is -0.302 e. The number of thioether (sulfide) groups is 1. The van der Waals surface area contributed by atoms with Crippen LogP contribution in [-0.4, -0.2) is 29.8 Å². The fraction of sp³-hybridized carbons (Fsp3) is 0.538. The van der Waals surface area contributed by atoms with Gasteiger partial charge in [-0.2, -0.15) is 0 Å². The minimum absolute atomic E-state index is 0.119. The molecular weight excluding hydrogens is 221 g/mol. The highest BCUT2D eigenvalue weighted by Crippen LogP contribution is 2.38. The van der Waals surface area contributed by atoms with Gasteiger partial charge in [-0.3, -0.25) is 0 Å². The Kier molecular flexibility index (Phi) is 2.90. The Morgan fingerprint density at radius 1 is 1.25 bits per heavy atom. The quantitative estimate of drug-likeness (QED) is 0.778. The van der Waals surface area contributed by atoms with Crippen molar-refractivity contribution in [2.75, 3.05) is 19.6 Å². The molecule has 0 N–H and O–H groups in total. The lowest BCUT2D eigenvalue weighted by atomic mass is 9.88. The van der Waals surface area contributed by atoms with Gasteiger partial charge in [0.2, 0.25) is 0 Å². The maximum absolute atomic E-state index is 13.1. The standard InChI is InChI=1S/C13H16FNS/c14-11-2-1-3-12(8-11)16-13-9-15-6-4-10(13)5-7-15/h1-3,8,10,13H,4-7,9H2. The molecule has 2 bridgehead atoms. The van der Waals surface area contributed by atoms with Crippen LogP contribution in [0.4, 0.5) is 4.39 Å². The summed E-state index contributed by atoms with van der Waals surface area (Å²) in [4.78, 5) is 3.62. The molecule has 3 aliphatic rings. The number of fused-ring (bicyclic) bond motifs is 3. The van der Waals surface area contributed by atoms with Gasteiger partial charge in [0.15, 0.2) is 0 Å². The van der Waals surface area contributed by atoms with Crippen LogP contribution in [0.5, 0.6) is 0 Å². The van der Waals surface area contributed by atoms with Crippen LogP contribution in [0.1, 0.15) is 12.8 Å². The predicted molar refractivity (Wildman–Crippen MR) is 65.2 cm³/mol. The Balaban J connectivity index is 1.71. The van der Waals surface area contributed by atoms with Crippen molar-refractivity contribution in [3.8, 4) is 0 Å². The topological polar surface area (TPSA) is 3.24 Å². The highest BCUT2D eigenvalue weighted by Gasteiger charge is 2.34. The van der Waals surface area contributed by atoms with Crippen molar-refractivity contribution in [2.24, 2.45) is 5.92 Å². The number of nitrogens with zero attached hydrogens (tertiary/aromatic N) is 1. The molecule has 0 radical (unpaired) electrons. The van der Waals surface area contributed by atoms with Gasteiger partial charge in [0.05, 0.1) is 0 Å². The van der Waals surface area contributed by atoms with Gasteiger partial charge in [-0.1, -0.05) is 6.07 Å². The number of benzene rings is 1. The molecule has 0 aliphatic carbocycles. The number of hydrogen-bond acceptors (Lipinski definition) is 2. The summed E-state index contributed by atoms with van der Waals surface area (Å²) < 4.78 is 13.1. The molecule has 1 aromatic carbocycles. The van der Waals surface area contributed by atoms with Crippen LogP contribution in [0, 0.1) is 11.7 Å². The third-order valence-corrected chi connectivity index (χ3v) is 5.04. The van der Waals surface area contributed by atoms with Gasteiger partial charge in [-0.15, -0.1) is 11.8 Å². The first-order valence-corrected chi connectivity index (χ1v) is 6.84. The van der Waals surface area contributed by atoms with Gasteiger partial charge in [0.1, 0.15) is 5.82 Å². The average molecular weight is 237 g/mol. The molecule has 86 valence electrons. The molecular formula is C13H16FNS. The van der Waals surface area contributed by atoms with Gasteiger partial charge in [-0.25, -0.2) is 4.39 Å². The molecule has 3 aliphatic heterocycles. The van der Waals surface area contributed by atoms with Crippen molar-refractivity contribution in [3.05, 3.63) is 30.1 Å². The molecule has 3 fully saturated rings. The van der Waals surface area contributed by atoms with E-state index in [0.717, 1.165) is 10.8 Å². The van der Waals surface area contributed by atoms with Crippen LogP contribution < -0.4 is 0 Å². The zero-order valence-corrected chi connectivity index (χ0v) is 10.0. The van der Waals surface area contributed by atoms with Crippen LogP contribution in [0.3, 0.4) is 0 Å². The van der Waals surface area contributed by atoms with Crippen LogP contribution in [0.2, 0.25) is 0 Å². The third-order valence-electron chi connectivity index (χ3n) is 3.68. The molecule has 3 heteroatoms. The van der Waals surface area contributed by atoms with Gasteiger partial charge in [0, 0.05) is 16.7 Å². The van der Waals surface area contributed by atoms with Crippen LogP contribution in [0.15, 0.2) is 29.2 Å². The van der Waals surface area contributed by atoms with Crippen molar-refractivity contribution < 1.29 is 4.39 Å². The summed E-state index contributed by atoms with van der Waals surface area (Å²) in [6.45, 7) is 3.72. The Labute approximate surface area is 100 Å². The van der Waals surface area contributed by atoms with E-state index in [1.54, 1.807) is 12.1 Å². The number of rotatable bonds is 2. The van der Waals surface area contributed by atoms with Crippen LogP contribution in [0.25, 0.3) is 0 Å². The molecule has 0 amide bonds. The molecule has 1 nitrogen and oxygen atoms in total. The van der Waals surface area contributed by atoms with Crippen LogP contribution in [-0.2, 0) is 0 Å². The summed E-state index contributed by atoms with van der Waals surface area (Å²) >= 11 is 1.86. The largest absolute Gasteiger partial charge is 0.302 e. The maximum Gasteiger partial charge on any atom is 0.124 e. The smallest absolute Gasteiger partial charge is 0.124 e. The highest BCUT2D eigenvalue weighted by atomic mass is 32.2. The summed E-state index contributed by atoms with van der Waals surface area (Å²) in [6, 6.07) is 6.99. The van der Waals surface area contributed by atoms with Gasteiger partial charge in [-0.05, 0) is 50.0 Å². The Hall–Kier alpha value is -0.540. The first-order chi connectivity index (χ1) is 7.81.